The third kappa shape index (κ3) is 6.39. The Hall–Kier alpha value is -4.05. The Morgan fingerprint density at radius 1 is 0.650 bits per heavy atom. The molecule has 3 aromatic carbocycles. The average Bonchev–Trinajstić information content (AvgIpc) is 2.94. The summed E-state index contributed by atoms with van der Waals surface area (Å²) in [5.41, 5.74) is 1.33. The van der Waals surface area contributed by atoms with Crippen molar-refractivity contribution in [3.05, 3.63) is 108 Å². The maximum Gasteiger partial charge on any atom is 0.303 e. The van der Waals surface area contributed by atoms with E-state index in [1.807, 2.05) is 91.0 Å². The van der Waals surface area contributed by atoms with Gasteiger partial charge in [-0.25, -0.2) is 0 Å². The first kappa shape index (κ1) is 28.9. The summed E-state index contributed by atoms with van der Waals surface area (Å²) in [6, 6.07) is 28.8. The summed E-state index contributed by atoms with van der Waals surface area (Å²) in [6.07, 6.45) is -6.82. The van der Waals surface area contributed by atoms with Gasteiger partial charge in [0.15, 0.2) is 24.6 Å². The fourth-order valence-corrected chi connectivity index (χ4v) is 4.98. The summed E-state index contributed by atoms with van der Waals surface area (Å²) >= 11 is 0. The molecule has 0 spiro atoms. The van der Waals surface area contributed by atoms with E-state index in [1.165, 1.54) is 6.92 Å². The highest BCUT2D eigenvalue weighted by Gasteiger charge is 2.52. The molecule has 0 radical (unpaired) electrons. The summed E-state index contributed by atoms with van der Waals surface area (Å²) in [4.78, 5) is 35.9. The number of hydrogen-bond donors (Lipinski definition) is 1. The van der Waals surface area contributed by atoms with Gasteiger partial charge in [0.1, 0.15) is 11.7 Å². The second-order valence-corrected chi connectivity index (χ2v) is 9.38. The first-order chi connectivity index (χ1) is 19.2. The Labute approximate surface area is 232 Å². The number of benzene rings is 3. The molecule has 1 aliphatic rings. The van der Waals surface area contributed by atoms with Crippen molar-refractivity contribution in [1.82, 2.24) is 0 Å². The lowest BCUT2D eigenvalue weighted by Gasteiger charge is -2.44. The molecule has 5 atom stereocenters. The predicted octanol–water partition coefficient (Wildman–Crippen LogP) is 3.51. The number of carbonyl (C=O) groups is 3. The Morgan fingerprint density at radius 2 is 1.02 bits per heavy atom. The average molecular weight is 549 g/mol. The molecule has 4 rings (SSSR count). The van der Waals surface area contributed by atoms with Gasteiger partial charge in [0.05, 0.1) is 6.61 Å². The Balaban J connectivity index is 1.79. The number of ether oxygens (including phenoxy) is 5. The Morgan fingerprint density at radius 3 is 1.43 bits per heavy atom. The highest BCUT2D eigenvalue weighted by atomic mass is 16.7. The molecule has 1 aliphatic heterocycles. The highest BCUT2D eigenvalue weighted by molar-refractivity contribution is 5.68. The van der Waals surface area contributed by atoms with Crippen LogP contribution in [0.3, 0.4) is 0 Å². The fourth-order valence-electron chi connectivity index (χ4n) is 4.98. The number of aliphatic hydroxyl groups excluding tert-OH is 1. The van der Waals surface area contributed by atoms with E-state index in [1.54, 1.807) is 0 Å². The number of esters is 3. The van der Waals surface area contributed by atoms with E-state index < -0.39 is 54.2 Å². The van der Waals surface area contributed by atoms with Crippen LogP contribution >= 0.6 is 0 Å². The van der Waals surface area contributed by atoms with Crippen LogP contribution in [-0.4, -0.2) is 60.3 Å². The summed E-state index contributed by atoms with van der Waals surface area (Å²) in [7, 11) is 0. The molecule has 1 saturated heterocycles. The first-order valence-corrected chi connectivity index (χ1v) is 12.9. The zero-order valence-corrected chi connectivity index (χ0v) is 22.5. The molecular formula is C31H32O9. The van der Waals surface area contributed by atoms with E-state index >= 15 is 0 Å². The smallest absolute Gasteiger partial charge is 0.303 e. The molecule has 1 N–H and O–H groups in total. The molecule has 0 unspecified atom stereocenters. The molecule has 1 heterocycles. The maximum atomic E-state index is 12.1. The molecule has 9 heteroatoms. The lowest BCUT2D eigenvalue weighted by Crippen LogP contribution is -2.62. The van der Waals surface area contributed by atoms with Crippen molar-refractivity contribution < 1.29 is 43.2 Å². The second kappa shape index (κ2) is 12.9. The second-order valence-electron chi connectivity index (χ2n) is 9.38. The van der Waals surface area contributed by atoms with Gasteiger partial charge in [0.2, 0.25) is 0 Å². The van der Waals surface area contributed by atoms with Gasteiger partial charge in [-0.05, 0) is 16.7 Å². The monoisotopic (exact) mass is 548 g/mol. The molecule has 3 aromatic rings. The van der Waals surface area contributed by atoms with Crippen molar-refractivity contribution in [1.29, 1.82) is 0 Å². The van der Waals surface area contributed by atoms with Crippen LogP contribution < -0.4 is 0 Å². The molecule has 210 valence electrons. The number of carbonyl (C=O) groups excluding carboxylic acids is 3. The summed E-state index contributed by atoms with van der Waals surface area (Å²) in [6.45, 7) is 3.28. The number of hydrogen-bond acceptors (Lipinski definition) is 9. The minimum Gasteiger partial charge on any atom is -0.456 e. The zero-order chi connectivity index (χ0) is 28.7. The van der Waals surface area contributed by atoms with Crippen molar-refractivity contribution in [2.75, 3.05) is 6.61 Å². The van der Waals surface area contributed by atoms with Crippen LogP contribution in [0.15, 0.2) is 91.0 Å². The molecule has 0 aromatic heterocycles. The van der Waals surface area contributed by atoms with Crippen molar-refractivity contribution in [3.63, 3.8) is 0 Å². The van der Waals surface area contributed by atoms with Crippen LogP contribution in [0.4, 0.5) is 0 Å². The van der Waals surface area contributed by atoms with E-state index in [0.29, 0.717) is 0 Å². The van der Waals surface area contributed by atoms with Crippen LogP contribution in [-0.2, 0) is 43.7 Å². The minimum atomic E-state index is -1.69. The van der Waals surface area contributed by atoms with Crippen LogP contribution in [0.1, 0.15) is 37.5 Å². The molecule has 0 amide bonds. The summed E-state index contributed by atoms with van der Waals surface area (Å²) in [5.74, 6) is -2.15. The largest absolute Gasteiger partial charge is 0.456 e. The summed E-state index contributed by atoms with van der Waals surface area (Å²) < 4.78 is 28.8. The SMILES string of the molecule is CC(=O)O[C@@H]1[C@@H](OC(C)=O)[C@H](COC(c2ccccc2)(c2ccccc2)c2ccccc2)O[C@H](O)[C@@H]1OC(C)=O. The third-order valence-corrected chi connectivity index (χ3v) is 6.52. The number of rotatable bonds is 9. The lowest BCUT2D eigenvalue weighted by atomic mass is 9.80. The van der Waals surface area contributed by atoms with Gasteiger partial charge >= 0.3 is 17.9 Å². The molecule has 9 nitrogen and oxygen atoms in total. The zero-order valence-electron chi connectivity index (χ0n) is 22.5. The molecule has 40 heavy (non-hydrogen) atoms. The van der Waals surface area contributed by atoms with E-state index in [2.05, 4.69) is 0 Å². The molecule has 0 aliphatic carbocycles. The third-order valence-electron chi connectivity index (χ3n) is 6.52. The van der Waals surface area contributed by atoms with Crippen molar-refractivity contribution >= 4 is 17.9 Å². The molecule has 0 bridgehead atoms. The van der Waals surface area contributed by atoms with E-state index in [4.69, 9.17) is 23.7 Å². The predicted molar refractivity (Wildman–Crippen MR) is 143 cm³/mol. The van der Waals surface area contributed by atoms with Crippen molar-refractivity contribution in [2.24, 2.45) is 0 Å². The van der Waals surface area contributed by atoms with Gasteiger partial charge < -0.3 is 28.8 Å². The van der Waals surface area contributed by atoms with Gasteiger partial charge in [-0.3, -0.25) is 14.4 Å². The van der Waals surface area contributed by atoms with E-state index in [9.17, 15) is 19.5 Å². The van der Waals surface area contributed by atoms with E-state index in [0.717, 1.165) is 30.5 Å². The van der Waals surface area contributed by atoms with Crippen LogP contribution in [0.2, 0.25) is 0 Å². The maximum absolute atomic E-state index is 12.1. The quantitative estimate of drug-likeness (QED) is 0.244. The summed E-state index contributed by atoms with van der Waals surface area (Å²) in [5, 5.41) is 10.8. The van der Waals surface area contributed by atoms with Crippen LogP contribution in [0.25, 0.3) is 0 Å². The van der Waals surface area contributed by atoms with Gasteiger partial charge in [0, 0.05) is 20.8 Å². The normalized spacial score (nSPS) is 22.6. The van der Waals surface area contributed by atoms with Crippen molar-refractivity contribution in [3.8, 4) is 0 Å². The van der Waals surface area contributed by atoms with Crippen LogP contribution in [0.5, 0.6) is 0 Å². The Kier molecular flexibility index (Phi) is 9.31. The van der Waals surface area contributed by atoms with E-state index in [-0.39, 0.29) is 6.61 Å². The van der Waals surface area contributed by atoms with Gasteiger partial charge in [0.25, 0.3) is 0 Å². The van der Waals surface area contributed by atoms with Crippen LogP contribution in [0, 0.1) is 0 Å². The van der Waals surface area contributed by atoms with Gasteiger partial charge in [-0.2, -0.15) is 0 Å². The molecule has 1 fully saturated rings. The van der Waals surface area contributed by atoms with Gasteiger partial charge in [-0.15, -0.1) is 0 Å². The highest BCUT2D eigenvalue weighted by Crippen LogP contribution is 2.41. The molecule has 0 saturated carbocycles. The minimum absolute atomic E-state index is 0.210. The fraction of sp³-hybridized carbons (Fsp3) is 0.323. The van der Waals surface area contributed by atoms with Crippen molar-refractivity contribution in [2.45, 2.75) is 57.1 Å². The lowest BCUT2D eigenvalue weighted by molar-refractivity contribution is -0.299. The standard InChI is InChI=1S/C31H32O9/c1-20(32)37-27-26(40-30(35)29(39-22(3)34)28(27)38-21(2)33)19-36-31(23-13-7-4-8-14-23,24-15-9-5-10-16-24)25-17-11-6-12-18-25/h4-18,26-30,35H,19H2,1-3H3/t26-,27-,28+,29+,30-/m0/s1. The topological polar surface area (TPSA) is 118 Å². The van der Waals surface area contributed by atoms with Gasteiger partial charge in [-0.1, -0.05) is 91.0 Å². The Bertz CT molecular complexity index is 1180. The first-order valence-electron chi connectivity index (χ1n) is 12.9. The number of aliphatic hydroxyl groups is 1. The molecular weight excluding hydrogens is 516 g/mol.